The number of phenolic OH excluding ortho intramolecular Hbond substituents is 1. The fourth-order valence-electron chi connectivity index (χ4n) is 3.19. The number of hydrogen-bond donors (Lipinski definition) is 3. The molecule has 0 aliphatic heterocycles. The van der Waals surface area contributed by atoms with Gasteiger partial charge in [0.15, 0.2) is 0 Å². The van der Waals surface area contributed by atoms with Crippen LogP contribution in [0.2, 0.25) is 0 Å². The maximum Gasteiger partial charge on any atom is 0.319 e. The van der Waals surface area contributed by atoms with Gasteiger partial charge in [-0.2, -0.15) is 0 Å². The predicted molar refractivity (Wildman–Crippen MR) is 129 cm³/mol. The van der Waals surface area contributed by atoms with Gasteiger partial charge in [-0.05, 0) is 48.9 Å². The Morgan fingerprint density at radius 3 is 2.27 bits per heavy atom. The van der Waals surface area contributed by atoms with Crippen LogP contribution in [-0.4, -0.2) is 43.1 Å². The van der Waals surface area contributed by atoms with Gasteiger partial charge in [-0.15, -0.1) is 0 Å². The summed E-state index contributed by atoms with van der Waals surface area (Å²) in [5, 5.41) is 15.4. The van der Waals surface area contributed by atoms with Gasteiger partial charge in [-0.25, -0.2) is 4.79 Å². The summed E-state index contributed by atoms with van der Waals surface area (Å²) in [7, 11) is 1.61. The fourth-order valence-corrected chi connectivity index (χ4v) is 3.19. The van der Waals surface area contributed by atoms with Gasteiger partial charge < -0.3 is 20.6 Å². The number of phenols is 1. The highest BCUT2D eigenvalue weighted by atomic mass is 16.3. The van der Waals surface area contributed by atoms with E-state index < -0.39 is 11.9 Å². The van der Waals surface area contributed by atoms with Crippen LogP contribution in [0.3, 0.4) is 0 Å². The molecule has 8 heteroatoms. The molecule has 0 unspecified atom stereocenters. The molecule has 170 valence electrons. The van der Waals surface area contributed by atoms with Crippen molar-refractivity contribution in [2.75, 3.05) is 35.3 Å². The summed E-state index contributed by atoms with van der Waals surface area (Å²) >= 11 is 0. The van der Waals surface area contributed by atoms with Crippen molar-refractivity contribution in [2.45, 2.75) is 6.92 Å². The topological polar surface area (TPSA) is 102 Å². The number of rotatable bonds is 7. The van der Waals surface area contributed by atoms with Crippen molar-refractivity contribution in [3.05, 3.63) is 84.4 Å². The lowest BCUT2D eigenvalue weighted by Gasteiger charge is -2.26. The minimum Gasteiger partial charge on any atom is -0.506 e. The maximum atomic E-state index is 13.0. The maximum absolute atomic E-state index is 13.0. The minimum absolute atomic E-state index is 0.148. The molecule has 3 rings (SSSR count). The number of para-hydroxylation sites is 3. The average Bonchev–Trinajstić information content (AvgIpc) is 2.81. The van der Waals surface area contributed by atoms with Crippen LogP contribution in [0.25, 0.3) is 0 Å². The molecular weight excluding hydrogens is 420 g/mol. The Morgan fingerprint density at radius 2 is 1.58 bits per heavy atom. The number of nitrogens with zero attached hydrogens (tertiary/aromatic N) is 2. The van der Waals surface area contributed by atoms with Crippen molar-refractivity contribution in [1.82, 2.24) is 5.32 Å². The summed E-state index contributed by atoms with van der Waals surface area (Å²) in [6.07, 6.45) is 0. The number of aromatic hydroxyl groups is 1. The second-order valence-electron chi connectivity index (χ2n) is 7.43. The Hall–Kier alpha value is -4.33. The normalized spacial score (nSPS) is 10.2. The first-order valence-electron chi connectivity index (χ1n) is 10.4. The number of likely N-dealkylation sites (N-methyl/N-ethyl adjacent to an activating group) is 1. The molecule has 0 spiro atoms. The van der Waals surface area contributed by atoms with Crippen LogP contribution in [0.4, 0.5) is 21.9 Å². The number of hydrogen-bond acceptors (Lipinski definition) is 4. The molecule has 3 N–H and O–H groups in total. The third-order valence-corrected chi connectivity index (χ3v) is 4.96. The van der Waals surface area contributed by atoms with Gasteiger partial charge in [-0.1, -0.05) is 42.5 Å². The number of urea groups is 1. The zero-order valence-corrected chi connectivity index (χ0v) is 18.5. The van der Waals surface area contributed by atoms with E-state index in [1.807, 2.05) is 37.3 Å². The summed E-state index contributed by atoms with van der Waals surface area (Å²) in [6.45, 7) is 1.22. The Morgan fingerprint density at radius 1 is 0.879 bits per heavy atom. The first kappa shape index (κ1) is 23.3. The van der Waals surface area contributed by atoms with E-state index in [9.17, 15) is 19.5 Å². The Balaban J connectivity index is 1.71. The van der Waals surface area contributed by atoms with Crippen molar-refractivity contribution in [3.8, 4) is 5.75 Å². The average molecular weight is 447 g/mol. The number of aryl methyl sites for hydroxylation is 1. The molecule has 0 heterocycles. The molecule has 0 aromatic heterocycles. The molecule has 0 saturated carbocycles. The Kier molecular flexibility index (Phi) is 7.64. The predicted octanol–water partition coefficient (Wildman–Crippen LogP) is 3.52. The lowest BCUT2D eigenvalue weighted by Crippen LogP contribution is -2.46. The van der Waals surface area contributed by atoms with Crippen LogP contribution in [0.5, 0.6) is 5.75 Å². The SMILES string of the molecule is Cc1cccc(NC(=O)NCC(=O)N(CC(=O)N(C)c2ccccc2)c2ccccc2O)c1. The van der Waals surface area contributed by atoms with Gasteiger partial charge in [0.1, 0.15) is 12.3 Å². The van der Waals surface area contributed by atoms with Crippen molar-refractivity contribution in [2.24, 2.45) is 0 Å². The smallest absolute Gasteiger partial charge is 0.319 e. The lowest BCUT2D eigenvalue weighted by atomic mass is 10.2. The lowest BCUT2D eigenvalue weighted by molar-refractivity contribution is -0.121. The van der Waals surface area contributed by atoms with E-state index in [2.05, 4.69) is 10.6 Å². The summed E-state index contributed by atoms with van der Waals surface area (Å²) in [5.74, 6) is -1.06. The third kappa shape index (κ3) is 6.33. The molecular formula is C25H26N4O4. The minimum atomic E-state index is -0.557. The number of nitrogens with one attached hydrogen (secondary N) is 2. The Bertz CT molecular complexity index is 1130. The number of benzene rings is 3. The van der Waals surface area contributed by atoms with Gasteiger partial charge in [0.05, 0.1) is 12.2 Å². The van der Waals surface area contributed by atoms with E-state index >= 15 is 0 Å². The van der Waals surface area contributed by atoms with Gasteiger partial charge >= 0.3 is 6.03 Å². The van der Waals surface area contributed by atoms with Crippen molar-refractivity contribution in [3.63, 3.8) is 0 Å². The molecule has 0 atom stereocenters. The second-order valence-corrected chi connectivity index (χ2v) is 7.43. The molecule has 0 aliphatic carbocycles. The molecule has 0 radical (unpaired) electrons. The fraction of sp³-hybridized carbons (Fsp3) is 0.160. The van der Waals surface area contributed by atoms with Crippen LogP contribution in [0.1, 0.15) is 5.56 Å². The molecule has 0 saturated heterocycles. The highest BCUT2D eigenvalue weighted by Gasteiger charge is 2.24. The van der Waals surface area contributed by atoms with E-state index in [0.29, 0.717) is 11.4 Å². The second kappa shape index (κ2) is 10.8. The molecule has 0 aliphatic rings. The van der Waals surface area contributed by atoms with E-state index in [0.717, 1.165) is 10.5 Å². The quantitative estimate of drug-likeness (QED) is 0.517. The van der Waals surface area contributed by atoms with Gasteiger partial charge in [0.2, 0.25) is 11.8 Å². The summed E-state index contributed by atoms with van der Waals surface area (Å²) in [5.41, 5.74) is 2.42. The molecule has 33 heavy (non-hydrogen) atoms. The summed E-state index contributed by atoms with van der Waals surface area (Å²) < 4.78 is 0. The summed E-state index contributed by atoms with van der Waals surface area (Å²) in [6, 6.07) is 21.9. The zero-order chi connectivity index (χ0) is 23.8. The number of anilines is 3. The molecule has 8 nitrogen and oxygen atoms in total. The van der Waals surface area contributed by atoms with E-state index in [-0.39, 0.29) is 30.4 Å². The van der Waals surface area contributed by atoms with Gasteiger partial charge in [0.25, 0.3) is 0 Å². The van der Waals surface area contributed by atoms with Crippen LogP contribution < -0.4 is 20.4 Å². The van der Waals surface area contributed by atoms with Crippen LogP contribution in [0.15, 0.2) is 78.9 Å². The van der Waals surface area contributed by atoms with Crippen LogP contribution >= 0.6 is 0 Å². The molecule has 3 aromatic rings. The number of carbonyl (C=O) groups is 3. The first-order chi connectivity index (χ1) is 15.8. The van der Waals surface area contributed by atoms with Gasteiger partial charge in [0, 0.05) is 18.4 Å². The van der Waals surface area contributed by atoms with E-state index in [4.69, 9.17) is 0 Å². The van der Waals surface area contributed by atoms with Crippen molar-refractivity contribution < 1.29 is 19.5 Å². The highest BCUT2D eigenvalue weighted by Crippen LogP contribution is 2.27. The Labute approximate surface area is 192 Å². The molecule has 0 fully saturated rings. The largest absolute Gasteiger partial charge is 0.506 e. The van der Waals surface area contributed by atoms with E-state index in [1.54, 1.807) is 43.4 Å². The first-order valence-corrected chi connectivity index (χ1v) is 10.4. The highest BCUT2D eigenvalue weighted by molar-refractivity contribution is 6.05. The standard InChI is InChI=1S/C25H26N4O4/c1-18-9-8-10-19(15-18)27-25(33)26-16-23(31)29(21-13-6-7-14-22(21)30)17-24(32)28(2)20-11-4-3-5-12-20/h3-15,30H,16-17H2,1-2H3,(H2,26,27,33). The zero-order valence-electron chi connectivity index (χ0n) is 18.5. The number of carbonyl (C=O) groups excluding carboxylic acids is 3. The van der Waals surface area contributed by atoms with Crippen LogP contribution in [-0.2, 0) is 9.59 Å². The van der Waals surface area contributed by atoms with Crippen molar-refractivity contribution in [1.29, 1.82) is 0 Å². The summed E-state index contributed by atoms with van der Waals surface area (Å²) in [4.78, 5) is 40.7. The monoisotopic (exact) mass is 446 g/mol. The van der Waals surface area contributed by atoms with Crippen molar-refractivity contribution >= 4 is 34.9 Å². The molecule has 4 amide bonds. The molecule has 0 bridgehead atoms. The van der Waals surface area contributed by atoms with Gasteiger partial charge in [-0.3, -0.25) is 14.5 Å². The molecule has 3 aromatic carbocycles. The number of amides is 4. The van der Waals surface area contributed by atoms with Crippen LogP contribution in [0, 0.1) is 6.92 Å². The third-order valence-electron chi connectivity index (χ3n) is 4.96. The van der Waals surface area contributed by atoms with E-state index in [1.165, 1.54) is 17.0 Å².